The lowest BCUT2D eigenvalue weighted by Gasteiger charge is -2.36. The molecule has 0 atom stereocenters. The molecule has 6 heteroatoms. The summed E-state index contributed by atoms with van der Waals surface area (Å²) in [6.07, 6.45) is 0. The predicted octanol–water partition coefficient (Wildman–Crippen LogP) is 2.80. The normalized spacial score (nSPS) is 16.9. The first-order chi connectivity index (χ1) is 9.04. The third-order valence-corrected chi connectivity index (χ3v) is 4.67. The first-order valence-corrected chi connectivity index (χ1v) is 8.17. The molecule has 0 amide bonds. The third-order valence-electron chi connectivity index (χ3n) is 3.08. The molecule has 19 heavy (non-hydrogen) atoms. The molecule has 1 N–H and O–H groups in total. The van der Waals surface area contributed by atoms with Crippen LogP contribution in [0.3, 0.4) is 0 Å². The van der Waals surface area contributed by atoms with Crippen LogP contribution in [0.25, 0.3) is 0 Å². The quantitative estimate of drug-likeness (QED) is 0.864. The maximum atomic E-state index is 5.96. The van der Waals surface area contributed by atoms with Gasteiger partial charge in [-0.3, -0.25) is 4.90 Å². The molecule has 0 unspecified atom stereocenters. The molecule has 0 aromatic carbocycles. The monoisotopic (exact) mass is 317 g/mol. The molecule has 1 aliphatic rings. The Morgan fingerprint density at radius 1 is 1.37 bits per heavy atom. The van der Waals surface area contributed by atoms with Crippen molar-refractivity contribution in [2.24, 2.45) is 0 Å². The minimum absolute atomic E-state index is 0.402. The summed E-state index contributed by atoms with van der Waals surface area (Å²) in [6, 6.07) is 4.49. The molecule has 0 radical (unpaired) electrons. The second-order valence-corrected chi connectivity index (χ2v) is 7.26. The lowest BCUT2D eigenvalue weighted by Crippen LogP contribution is -2.52. The number of hydrogen-bond acceptors (Lipinski definition) is 3. The van der Waals surface area contributed by atoms with Crippen molar-refractivity contribution in [2.45, 2.75) is 26.4 Å². The molecule has 0 bridgehead atoms. The number of nitrogens with zero attached hydrogens (tertiary/aromatic N) is 2. The Bertz CT molecular complexity index is 425. The topological polar surface area (TPSA) is 18.5 Å². The van der Waals surface area contributed by atoms with Gasteiger partial charge in [0.1, 0.15) is 0 Å². The van der Waals surface area contributed by atoms with Gasteiger partial charge in [0.05, 0.1) is 4.34 Å². The van der Waals surface area contributed by atoms with E-state index in [0.717, 1.165) is 42.2 Å². The summed E-state index contributed by atoms with van der Waals surface area (Å²) in [5.74, 6) is 0. The van der Waals surface area contributed by atoms with E-state index in [2.05, 4.69) is 35.0 Å². The van der Waals surface area contributed by atoms with Gasteiger partial charge in [-0.2, -0.15) is 0 Å². The Morgan fingerprint density at radius 3 is 2.58 bits per heavy atom. The van der Waals surface area contributed by atoms with Crippen LogP contribution in [-0.4, -0.2) is 47.1 Å². The number of piperazine rings is 1. The molecule has 2 rings (SSSR count). The molecule has 2 heterocycles. The van der Waals surface area contributed by atoms with E-state index in [1.165, 1.54) is 4.88 Å². The van der Waals surface area contributed by atoms with Gasteiger partial charge in [-0.15, -0.1) is 11.3 Å². The highest BCUT2D eigenvalue weighted by molar-refractivity contribution is 7.80. The van der Waals surface area contributed by atoms with Crippen molar-refractivity contribution in [3.8, 4) is 0 Å². The number of rotatable bonds is 3. The van der Waals surface area contributed by atoms with Crippen LogP contribution in [-0.2, 0) is 6.54 Å². The van der Waals surface area contributed by atoms with Crippen LogP contribution >= 0.6 is 35.2 Å². The van der Waals surface area contributed by atoms with E-state index >= 15 is 0 Å². The van der Waals surface area contributed by atoms with Crippen molar-refractivity contribution >= 4 is 40.3 Å². The van der Waals surface area contributed by atoms with Crippen LogP contribution in [0.1, 0.15) is 18.7 Å². The van der Waals surface area contributed by atoms with E-state index in [9.17, 15) is 0 Å². The zero-order valence-electron chi connectivity index (χ0n) is 11.4. The van der Waals surface area contributed by atoms with Gasteiger partial charge in [-0.25, -0.2) is 0 Å². The maximum absolute atomic E-state index is 5.96. The first-order valence-electron chi connectivity index (χ1n) is 6.56. The fourth-order valence-electron chi connectivity index (χ4n) is 2.10. The predicted molar refractivity (Wildman–Crippen MR) is 87.0 cm³/mol. The van der Waals surface area contributed by atoms with E-state index in [-0.39, 0.29) is 0 Å². The van der Waals surface area contributed by atoms with Gasteiger partial charge >= 0.3 is 0 Å². The smallest absolute Gasteiger partial charge is 0.169 e. The van der Waals surface area contributed by atoms with Crippen LogP contribution in [0.2, 0.25) is 4.34 Å². The average Bonchev–Trinajstić information content (AvgIpc) is 2.75. The van der Waals surface area contributed by atoms with Crippen molar-refractivity contribution in [3.63, 3.8) is 0 Å². The molecule has 1 aromatic rings. The van der Waals surface area contributed by atoms with Gasteiger partial charge in [0.15, 0.2) is 5.11 Å². The molecule has 0 saturated carbocycles. The lowest BCUT2D eigenvalue weighted by atomic mass is 10.3. The number of halogens is 1. The molecule has 1 saturated heterocycles. The fourth-order valence-corrected chi connectivity index (χ4v) is 3.65. The van der Waals surface area contributed by atoms with Crippen LogP contribution in [0.15, 0.2) is 12.1 Å². The molecular weight excluding hydrogens is 298 g/mol. The highest BCUT2D eigenvalue weighted by Gasteiger charge is 2.19. The Balaban J connectivity index is 1.77. The molecule has 3 nitrogen and oxygen atoms in total. The highest BCUT2D eigenvalue weighted by atomic mass is 35.5. The fraction of sp³-hybridized carbons (Fsp3) is 0.615. The summed E-state index contributed by atoms with van der Waals surface area (Å²) >= 11 is 13.0. The largest absolute Gasteiger partial charge is 0.360 e. The summed E-state index contributed by atoms with van der Waals surface area (Å²) < 4.78 is 0.871. The zero-order chi connectivity index (χ0) is 13.8. The SMILES string of the molecule is CC(C)NC(=S)N1CCN(Cc2ccc(Cl)s2)CC1. The Morgan fingerprint density at radius 2 is 2.05 bits per heavy atom. The molecular formula is C13H20ClN3S2. The van der Waals surface area contributed by atoms with Gasteiger partial charge in [0.25, 0.3) is 0 Å². The lowest BCUT2D eigenvalue weighted by molar-refractivity contribution is 0.175. The van der Waals surface area contributed by atoms with Crippen molar-refractivity contribution < 1.29 is 0 Å². The summed E-state index contributed by atoms with van der Waals surface area (Å²) in [6.45, 7) is 9.32. The van der Waals surface area contributed by atoms with E-state index < -0.39 is 0 Å². The van der Waals surface area contributed by atoms with Crippen molar-refractivity contribution in [1.29, 1.82) is 0 Å². The van der Waals surface area contributed by atoms with Crippen LogP contribution in [0, 0.1) is 0 Å². The highest BCUT2D eigenvalue weighted by Crippen LogP contribution is 2.23. The number of nitrogens with one attached hydrogen (secondary N) is 1. The van der Waals surface area contributed by atoms with Crippen LogP contribution in [0.5, 0.6) is 0 Å². The maximum Gasteiger partial charge on any atom is 0.169 e. The molecule has 0 spiro atoms. The van der Waals surface area contributed by atoms with Crippen molar-refractivity contribution in [3.05, 3.63) is 21.3 Å². The Kier molecular flexibility index (Phi) is 5.45. The van der Waals surface area contributed by atoms with Gasteiger partial charge in [-0.05, 0) is 38.2 Å². The number of hydrogen-bond donors (Lipinski definition) is 1. The van der Waals surface area contributed by atoms with Gasteiger partial charge in [0.2, 0.25) is 0 Å². The van der Waals surface area contributed by atoms with Crippen LogP contribution < -0.4 is 5.32 Å². The third kappa shape index (κ3) is 4.60. The molecule has 1 aliphatic heterocycles. The minimum Gasteiger partial charge on any atom is -0.360 e. The molecule has 1 fully saturated rings. The summed E-state index contributed by atoms with van der Waals surface area (Å²) in [7, 11) is 0. The summed E-state index contributed by atoms with van der Waals surface area (Å²) in [5, 5.41) is 4.19. The molecule has 0 aliphatic carbocycles. The number of thiocarbonyl (C=S) groups is 1. The van der Waals surface area contributed by atoms with Gasteiger partial charge < -0.3 is 10.2 Å². The van der Waals surface area contributed by atoms with Crippen molar-refractivity contribution in [1.82, 2.24) is 15.1 Å². The second kappa shape index (κ2) is 6.88. The minimum atomic E-state index is 0.402. The zero-order valence-corrected chi connectivity index (χ0v) is 13.7. The van der Waals surface area contributed by atoms with E-state index in [0.29, 0.717) is 6.04 Å². The summed E-state index contributed by atoms with van der Waals surface area (Å²) in [5.41, 5.74) is 0. The van der Waals surface area contributed by atoms with E-state index in [4.69, 9.17) is 23.8 Å². The summed E-state index contributed by atoms with van der Waals surface area (Å²) in [4.78, 5) is 6.05. The van der Waals surface area contributed by atoms with Gasteiger partial charge in [-0.1, -0.05) is 11.6 Å². The first kappa shape index (κ1) is 15.0. The van der Waals surface area contributed by atoms with Gasteiger partial charge in [0, 0.05) is 43.6 Å². The van der Waals surface area contributed by atoms with Crippen molar-refractivity contribution in [2.75, 3.05) is 26.2 Å². The van der Waals surface area contributed by atoms with E-state index in [1.807, 2.05) is 6.07 Å². The Labute approximate surface area is 129 Å². The average molecular weight is 318 g/mol. The molecule has 1 aromatic heterocycles. The van der Waals surface area contributed by atoms with Crippen LogP contribution in [0.4, 0.5) is 0 Å². The standard InChI is InChI=1S/C13H20ClN3S2/c1-10(2)15-13(18)17-7-5-16(6-8-17)9-11-3-4-12(14)19-11/h3-4,10H,5-9H2,1-2H3,(H,15,18). The second-order valence-electron chi connectivity index (χ2n) is 5.07. The molecule has 106 valence electrons. The number of thiophene rings is 1. The Hall–Kier alpha value is -0.360. The van der Waals surface area contributed by atoms with E-state index in [1.54, 1.807) is 11.3 Å².